The third kappa shape index (κ3) is 3.09. The molecule has 0 spiro atoms. The van der Waals surface area contributed by atoms with Crippen LogP contribution >= 0.6 is 0 Å². The van der Waals surface area contributed by atoms with Gasteiger partial charge in [0.25, 0.3) is 0 Å². The fourth-order valence-corrected chi connectivity index (χ4v) is 2.03. The van der Waals surface area contributed by atoms with Crippen LogP contribution in [-0.2, 0) is 9.59 Å². The zero-order valence-corrected chi connectivity index (χ0v) is 11.5. The zero-order chi connectivity index (χ0) is 14.0. The van der Waals surface area contributed by atoms with Crippen LogP contribution in [0, 0.1) is 11.3 Å². The molecule has 4 heteroatoms. The Bertz CT molecular complexity index is 541. The molecule has 0 aromatic rings. The van der Waals surface area contributed by atoms with Gasteiger partial charge in [-0.1, -0.05) is 26.8 Å². The summed E-state index contributed by atoms with van der Waals surface area (Å²) in [4.78, 5) is 27.3. The Morgan fingerprint density at radius 3 is 2.74 bits per heavy atom. The second-order valence-corrected chi connectivity index (χ2v) is 5.84. The average Bonchev–Trinajstić information content (AvgIpc) is 2.54. The van der Waals surface area contributed by atoms with Crippen LogP contribution < -0.4 is 5.32 Å². The van der Waals surface area contributed by atoms with E-state index in [1.807, 2.05) is 18.2 Å². The monoisotopic (exact) mass is 258 g/mol. The second-order valence-electron chi connectivity index (χ2n) is 5.84. The molecule has 100 valence electrons. The van der Waals surface area contributed by atoms with Gasteiger partial charge in [0.1, 0.15) is 0 Å². The van der Waals surface area contributed by atoms with Gasteiger partial charge in [-0.15, -0.1) is 0 Å². The number of rotatable bonds is 1. The number of nitrogens with one attached hydrogen (secondary N) is 1. The minimum absolute atomic E-state index is 0.0337. The van der Waals surface area contributed by atoms with Gasteiger partial charge in [-0.3, -0.25) is 14.9 Å². The van der Waals surface area contributed by atoms with Crippen LogP contribution in [-0.4, -0.2) is 17.7 Å². The van der Waals surface area contributed by atoms with E-state index in [2.05, 4.69) is 37.0 Å². The van der Waals surface area contributed by atoms with Crippen molar-refractivity contribution >= 4 is 17.7 Å². The van der Waals surface area contributed by atoms with Gasteiger partial charge in [0.2, 0.25) is 11.8 Å². The van der Waals surface area contributed by atoms with Crippen LogP contribution in [0.5, 0.6) is 0 Å². The fraction of sp³-hybridized carbons (Fsp3) is 0.467. The topological polar surface area (TPSA) is 58.5 Å². The number of nitrogens with zero attached hydrogens (tertiary/aromatic N) is 1. The minimum Gasteiger partial charge on any atom is -0.296 e. The molecule has 2 rings (SSSR count). The molecule has 1 unspecified atom stereocenters. The van der Waals surface area contributed by atoms with Crippen LogP contribution in [0.3, 0.4) is 0 Å². The maximum Gasteiger partial charge on any atom is 0.235 e. The lowest BCUT2D eigenvalue weighted by molar-refractivity contribution is -0.135. The molecular formula is C15H18N2O2. The predicted molar refractivity (Wildman–Crippen MR) is 73.5 cm³/mol. The number of carbonyl (C=O) groups excluding carboxylic acids is 2. The first-order chi connectivity index (χ1) is 8.88. The maximum absolute atomic E-state index is 11.8. The predicted octanol–water partition coefficient (Wildman–Crippen LogP) is 2.14. The summed E-state index contributed by atoms with van der Waals surface area (Å²) in [5, 5.41) is 2.35. The first-order valence-corrected chi connectivity index (χ1v) is 6.44. The van der Waals surface area contributed by atoms with E-state index in [-0.39, 0.29) is 23.1 Å². The highest BCUT2D eigenvalue weighted by molar-refractivity contribution is 6.00. The summed E-state index contributed by atoms with van der Waals surface area (Å²) in [6.07, 6.45) is 6.56. The first-order valence-electron chi connectivity index (χ1n) is 6.44. The van der Waals surface area contributed by atoms with Crippen molar-refractivity contribution < 1.29 is 9.59 Å². The molecule has 0 saturated carbocycles. The lowest BCUT2D eigenvalue weighted by Crippen LogP contribution is -2.41. The van der Waals surface area contributed by atoms with E-state index < -0.39 is 0 Å². The molecule has 2 heterocycles. The van der Waals surface area contributed by atoms with Crippen molar-refractivity contribution in [1.82, 2.24) is 5.32 Å². The molecule has 19 heavy (non-hydrogen) atoms. The molecule has 0 radical (unpaired) electrons. The molecule has 1 atom stereocenters. The number of aliphatic imine (C=N–C) groups is 1. The van der Waals surface area contributed by atoms with E-state index in [9.17, 15) is 9.59 Å². The lowest BCUT2D eigenvalue weighted by atomic mass is 9.87. The van der Waals surface area contributed by atoms with Crippen LogP contribution in [0.1, 0.15) is 33.6 Å². The number of allylic oxidation sites excluding steroid dienone is 4. The second kappa shape index (κ2) is 4.98. The van der Waals surface area contributed by atoms with E-state index in [1.54, 1.807) is 0 Å². The Kier molecular flexibility index (Phi) is 3.54. The largest absolute Gasteiger partial charge is 0.296 e. The quantitative estimate of drug-likeness (QED) is 0.732. The van der Waals surface area contributed by atoms with Gasteiger partial charge in [-0.05, 0) is 29.9 Å². The highest BCUT2D eigenvalue weighted by Gasteiger charge is 2.29. The van der Waals surface area contributed by atoms with Crippen molar-refractivity contribution in [2.24, 2.45) is 16.3 Å². The molecular weight excluding hydrogens is 240 g/mol. The van der Waals surface area contributed by atoms with Gasteiger partial charge in [-0.2, -0.15) is 0 Å². The molecule has 0 aromatic carbocycles. The number of piperidine rings is 1. The Morgan fingerprint density at radius 1 is 1.37 bits per heavy atom. The summed E-state index contributed by atoms with van der Waals surface area (Å²) in [5.74, 6) is 2.20. The smallest absolute Gasteiger partial charge is 0.235 e. The van der Waals surface area contributed by atoms with E-state index in [4.69, 9.17) is 0 Å². The Balaban J connectivity index is 2.26. The molecule has 2 aliphatic rings. The van der Waals surface area contributed by atoms with Gasteiger partial charge < -0.3 is 0 Å². The van der Waals surface area contributed by atoms with Crippen LogP contribution in [0.2, 0.25) is 0 Å². The summed E-state index contributed by atoms with van der Waals surface area (Å²) < 4.78 is 0. The van der Waals surface area contributed by atoms with E-state index in [1.165, 1.54) is 0 Å². The van der Waals surface area contributed by atoms with E-state index in [0.717, 1.165) is 5.57 Å². The van der Waals surface area contributed by atoms with Crippen molar-refractivity contribution in [3.63, 3.8) is 0 Å². The number of imide groups is 1. The Hall–Kier alpha value is -1.93. The Labute approximate surface area is 113 Å². The molecule has 0 aromatic heterocycles. The summed E-state index contributed by atoms with van der Waals surface area (Å²) in [6.45, 7) is 6.27. The van der Waals surface area contributed by atoms with Crippen molar-refractivity contribution in [3.05, 3.63) is 29.5 Å². The highest BCUT2D eigenvalue weighted by Crippen LogP contribution is 2.27. The molecule has 2 aliphatic heterocycles. The lowest BCUT2D eigenvalue weighted by Gasteiger charge is -2.20. The van der Waals surface area contributed by atoms with Crippen LogP contribution in [0.25, 0.3) is 0 Å². The summed E-state index contributed by atoms with van der Waals surface area (Å²) in [7, 11) is 0. The van der Waals surface area contributed by atoms with Crippen LogP contribution in [0.15, 0.2) is 34.5 Å². The molecule has 1 N–H and O–H groups in total. The van der Waals surface area contributed by atoms with Crippen molar-refractivity contribution in [2.75, 3.05) is 0 Å². The van der Waals surface area contributed by atoms with Gasteiger partial charge in [-0.25, -0.2) is 4.99 Å². The third-order valence-electron chi connectivity index (χ3n) is 3.24. The normalized spacial score (nSPS) is 23.6. The summed E-state index contributed by atoms with van der Waals surface area (Å²) >= 11 is 0. The average molecular weight is 258 g/mol. The first kappa shape index (κ1) is 13.5. The molecule has 2 amide bonds. The van der Waals surface area contributed by atoms with Gasteiger partial charge in [0.05, 0.1) is 11.6 Å². The van der Waals surface area contributed by atoms with Gasteiger partial charge >= 0.3 is 0 Å². The van der Waals surface area contributed by atoms with Crippen molar-refractivity contribution in [1.29, 1.82) is 0 Å². The molecule has 4 nitrogen and oxygen atoms in total. The number of hydrogen-bond donors (Lipinski definition) is 1. The zero-order valence-electron chi connectivity index (χ0n) is 11.5. The standard InChI is InChI=1S/C15H18N2O2/c1-15(2,3)10-5-4-6-12(16-9-10)11-7-8-13(18)17-14(11)19/h4-6,11H,7-8H2,1-3H3,(H,17,18,19). The van der Waals surface area contributed by atoms with E-state index in [0.29, 0.717) is 18.5 Å². The molecule has 0 aliphatic carbocycles. The fourth-order valence-electron chi connectivity index (χ4n) is 2.03. The summed E-state index contributed by atoms with van der Waals surface area (Å²) in [5.41, 5.74) is 1.63. The number of amides is 2. The van der Waals surface area contributed by atoms with Gasteiger partial charge in [0.15, 0.2) is 0 Å². The maximum atomic E-state index is 11.8. The minimum atomic E-state index is -0.353. The van der Waals surface area contributed by atoms with Gasteiger partial charge in [0, 0.05) is 12.0 Å². The molecule has 1 fully saturated rings. The van der Waals surface area contributed by atoms with Crippen LogP contribution in [0.4, 0.5) is 0 Å². The highest BCUT2D eigenvalue weighted by atomic mass is 16.2. The molecule has 1 saturated heterocycles. The van der Waals surface area contributed by atoms with Crippen molar-refractivity contribution in [2.45, 2.75) is 33.6 Å². The molecule has 0 bridgehead atoms. The van der Waals surface area contributed by atoms with E-state index >= 15 is 0 Å². The number of hydrogen-bond acceptors (Lipinski definition) is 3. The third-order valence-corrected chi connectivity index (χ3v) is 3.24. The SMILES string of the molecule is CC(C)(C)C1=C=NC(C2CCC(=O)NC2=O)=CC=C1. The van der Waals surface area contributed by atoms with Crippen molar-refractivity contribution in [3.8, 4) is 0 Å². The Morgan fingerprint density at radius 2 is 2.11 bits per heavy atom. The number of carbonyl (C=O) groups is 2. The summed E-state index contributed by atoms with van der Waals surface area (Å²) in [6, 6.07) is 0.